The molecule has 52 valence electrons. The average molecular weight is 134 g/mol. The second-order valence-corrected chi connectivity index (χ2v) is 2.02. The Morgan fingerprint density at radius 2 is 2.30 bits per heavy atom. The Morgan fingerprint density at radius 1 is 1.50 bits per heavy atom. The zero-order valence-corrected chi connectivity index (χ0v) is 6.20. The topological polar surface area (TPSA) is 25.2 Å². The molecule has 0 saturated heterocycles. The lowest BCUT2D eigenvalue weighted by molar-refractivity contribution is 1.27. The molecular formula is C8H10N2. The molecule has 0 aromatic carbocycles. The molecule has 0 saturated carbocycles. The van der Waals surface area contributed by atoms with Crippen LogP contribution in [-0.2, 0) is 0 Å². The summed E-state index contributed by atoms with van der Waals surface area (Å²) in [6.07, 6.45) is 1.77. The van der Waals surface area contributed by atoms with Gasteiger partial charge in [0.25, 0.3) is 0 Å². The Morgan fingerprint density at radius 3 is 2.80 bits per heavy atom. The molecule has 0 bridgehead atoms. The van der Waals surface area contributed by atoms with Crippen molar-refractivity contribution in [2.45, 2.75) is 6.92 Å². The summed E-state index contributed by atoms with van der Waals surface area (Å²) in [6.45, 7) is 1.95. The molecule has 0 spiro atoms. The van der Waals surface area contributed by atoms with Gasteiger partial charge in [-0.3, -0.25) is 9.98 Å². The largest absolute Gasteiger partial charge is 0.291 e. The van der Waals surface area contributed by atoms with Gasteiger partial charge in [-0.15, -0.1) is 0 Å². The van der Waals surface area contributed by atoms with Gasteiger partial charge in [0, 0.05) is 13.2 Å². The average Bonchev–Trinajstić information content (AvgIpc) is 2.05. The van der Waals surface area contributed by atoms with Crippen molar-refractivity contribution in [3.63, 3.8) is 0 Å². The number of hydrogen-bond acceptors (Lipinski definition) is 2. The first-order valence-electron chi connectivity index (χ1n) is 3.19. The Kier molecular flexibility index (Phi) is 2.15. The van der Waals surface area contributed by atoms with Crippen LogP contribution in [0.3, 0.4) is 0 Å². The van der Waals surface area contributed by atoms with E-state index in [2.05, 4.69) is 9.98 Å². The van der Waals surface area contributed by atoms with Crippen LogP contribution < -0.4 is 0 Å². The van der Waals surface area contributed by atoms with Crippen molar-refractivity contribution in [2.75, 3.05) is 7.05 Å². The number of aromatic nitrogens is 1. The van der Waals surface area contributed by atoms with Gasteiger partial charge < -0.3 is 0 Å². The Labute approximate surface area is 60.6 Å². The molecule has 2 nitrogen and oxygen atoms in total. The second-order valence-electron chi connectivity index (χ2n) is 2.02. The van der Waals surface area contributed by atoms with E-state index < -0.39 is 0 Å². The van der Waals surface area contributed by atoms with Gasteiger partial charge in [-0.1, -0.05) is 6.07 Å². The van der Waals surface area contributed by atoms with Crippen molar-refractivity contribution < 1.29 is 0 Å². The van der Waals surface area contributed by atoms with E-state index in [0.717, 1.165) is 11.4 Å². The minimum Gasteiger partial charge on any atom is -0.291 e. The maximum absolute atomic E-state index is 4.12. The van der Waals surface area contributed by atoms with Gasteiger partial charge in [0.1, 0.15) is 0 Å². The number of nitrogens with zero attached hydrogens (tertiary/aromatic N) is 2. The Hall–Kier alpha value is -1.18. The van der Waals surface area contributed by atoms with Crippen molar-refractivity contribution in [1.82, 2.24) is 4.98 Å². The minimum absolute atomic E-state index is 0.949. The van der Waals surface area contributed by atoms with Crippen LogP contribution in [0.15, 0.2) is 29.4 Å². The SMILES string of the molecule is CN=C(C)c1ccccn1. The monoisotopic (exact) mass is 134 g/mol. The van der Waals surface area contributed by atoms with Crippen LogP contribution in [0, 0.1) is 0 Å². The molecule has 0 amide bonds. The first-order valence-corrected chi connectivity index (χ1v) is 3.19. The highest BCUT2D eigenvalue weighted by atomic mass is 14.7. The van der Waals surface area contributed by atoms with Crippen molar-refractivity contribution in [1.29, 1.82) is 0 Å². The van der Waals surface area contributed by atoms with E-state index in [9.17, 15) is 0 Å². The molecule has 0 aliphatic carbocycles. The van der Waals surface area contributed by atoms with Crippen LogP contribution in [0.5, 0.6) is 0 Å². The van der Waals surface area contributed by atoms with Crippen LogP contribution >= 0.6 is 0 Å². The van der Waals surface area contributed by atoms with Gasteiger partial charge in [0.15, 0.2) is 0 Å². The highest BCUT2D eigenvalue weighted by Gasteiger charge is 1.92. The Balaban J connectivity index is 2.96. The highest BCUT2D eigenvalue weighted by Crippen LogP contribution is 1.94. The van der Waals surface area contributed by atoms with E-state index >= 15 is 0 Å². The van der Waals surface area contributed by atoms with Crippen molar-refractivity contribution in [3.05, 3.63) is 30.1 Å². The quantitative estimate of drug-likeness (QED) is 0.534. The Bertz CT molecular complexity index is 226. The third kappa shape index (κ3) is 1.41. The van der Waals surface area contributed by atoms with Crippen LogP contribution in [0.2, 0.25) is 0 Å². The number of hydrogen-bond donors (Lipinski definition) is 0. The lowest BCUT2D eigenvalue weighted by Gasteiger charge is -1.94. The molecule has 0 aliphatic rings. The van der Waals surface area contributed by atoms with Crippen molar-refractivity contribution in [2.24, 2.45) is 4.99 Å². The van der Waals surface area contributed by atoms with Crippen molar-refractivity contribution in [3.8, 4) is 0 Å². The molecule has 0 atom stereocenters. The lowest BCUT2D eigenvalue weighted by Crippen LogP contribution is -1.96. The molecule has 1 heterocycles. The standard InChI is InChI=1S/C8H10N2/c1-7(9-2)8-5-3-4-6-10-8/h3-6H,1-2H3. The summed E-state index contributed by atoms with van der Waals surface area (Å²) in [4.78, 5) is 8.13. The number of pyridine rings is 1. The fourth-order valence-electron chi connectivity index (χ4n) is 0.691. The summed E-state index contributed by atoms with van der Waals surface area (Å²) in [5.41, 5.74) is 1.92. The van der Waals surface area contributed by atoms with E-state index in [0.29, 0.717) is 0 Å². The number of aliphatic imine (C=N–C) groups is 1. The summed E-state index contributed by atoms with van der Waals surface area (Å²) in [6, 6.07) is 5.80. The minimum atomic E-state index is 0.949. The predicted octanol–water partition coefficient (Wildman–Crippen LogP) is 1.52. The van der Waals surface area contributed by atoms with Crippen LogP contribution in [-0.4, -0.2) is 17.7 Å². The van der Waals surface area contributed by atoms with Crippen molar-refractivity contribution >= 4 is 5.71 Å². The van der Waals surface area contributed by atoms with E-state index in [1.165, 1.54) is 0 Å². The zero-order chi connectivity index (χ0) is 7.40. The van der Waals surface area contributed by atoms with Gasteiger partial charge in [-0.05, 0) is 19.1 Å². The smallest absolute Gasteiger partial charge is 0.0836 e. The molecule has 2 heteroatoms. The van der Waals surface area contributed by atoms with Gasteiger partial charge in [-0.2, -0.15) is 0 Å². The van der Waals surface area contributed by atoms with E-state index in [4.69, 9.17) is 0 Å². The molecule has 0 aliphatic heterocycles. The molecule has 1 aromatic rings. The van der Waals surface area contributed by atoms with Gasteiger partial charge in [0.05, 0.1) is 11.4 Å². The first-order chi connectivity index (χ1) is 4.84. The van der Waals surface area contributed by atoms with Gasteiger partial charge in [-0.25, -0.2) is 0 Å². The molecule has 10 heavy (non-hydrogen) atoms. The lowest BCUT2D eigenvalue weighted by atomic mass is 10.3. The molecule has 0 fully saturated rings. The highest BCUT2D eigenvalue weighted by molar-refractivity contribution is 5.96. The molecule has 1 rings (SSSR count). The van der Waals surface area contributed by atoms with Crippen LogP contribution in [0.25, 0.3) is 0 Å². The first kappa shape index (κ1) is 6.93. The fraction of sp³-hybridized carbons (Fsp3) is 0.250. The zero-order valence-electron chi connectivity index (χ0n) is 6.20. The summed E-state index contributed by atoms with van der Waals surface area (Å²) in [5.74, 6) is 0. The molecule has 0 radical (unpaired) electrons. The van der Waals surface area contributed by atoms with Gasteiger partial charge in [0.2, 0.25) is 0 Å². The van der Waals surface area contributed by atoms with Crippen LogP contribution in [0.1, 0.15) is 12.6 Å². The third-order valence-corrected chi connectivity index (χ3v) is 1.37. The summed E-state index contributed by atoms with van der Waals surface area (Å²) in [5, 5.41) is 0. The van der Waals surface area contributed by atoms with E-state index in [1.807, 2.05) is 25.1 Å². The van der Waals surface area contributed by atoms with Gasteiger partial charge >= 0.3 is 0 Å². The second kappa shape index (κ2) is 3.11. The molecule has 1 aromatic heterocycles. The summed E-state index contributed by atoms with van der Waals surface area (Å²) < 4.78 is 0. The van der Waals surface area contributed by atoms with E-state index in [-0.39, 0.29) is 0 Å². The predicted molar refractivity (Wildman–Crippen MR) is 42.4 cm³/mol. The third-order valence-electron chi connectivity index (χ3n) is 1.37. The maximum Gasteiger partial charge on any atom is 0.0836 e. The maximum atomic E-state index is 4.12. The summed E-state index contributed by atoms with van der Waals surface area (Å²) in [7, 11) is 1.77. The number of rotatable bonds is 1. The van der Waals surface area contributed by atoms with E-state index in [1.54, 1.807) is 13.2 Å². The molecular weight excluding hydrogens is 124 g/mol. The summed E-state index contributed by atoms with van der Waals surface area (Å²) >= 11 is 0. The fourth-order valence-corrected chi connectivity index (χ4v) is 0.691. The normalized spacial score (nSPS) is 11.6. The van der Waals surface area contributed by atoms with Crippen LogP contribution in [0.4, 0.5) is 0 Å². The molecule has 0 N–H and O–H groups in total. The molecule has 0 unspecified atom stereocenters.